The molecule has 0 atom stereocenters. The number of carbonyl (C=O) groups is 1. The van der Waals surface area contributed by atoms with Crippen molar-refractivity contribution >= 4 is 17.8 Å². The van der Waals surface area contributed by atoms with E-state index in [-0.39, 0.29) is 29.6 Å². The molecule has 3 aromatic heterocycles. The lowest BCUT2D eigenvalue weighted by atomic mass is 10.1. The number of ether oxygens (including phenoxy) is 1. The van der Waals surface area contributed by atoms with Gasteiger partial charge < -0.3 is 9.26 Å². The molecule has 176 valence electrons. The van der Waals surface area contributed by atoms with Gasteiger partial charge in [-0.25, -0.2) is 23.5 Å². The zero-order valence-electron chi connectivity index (χ0n) is 18.4. The van der Waals surface area contributed by atoms with Crippen LogP contribution in [-0.4, -0.2) is 30.9 Å². The van der Waals surface area contributed by atoms with Crippen LogP contribution in [0.2, 0.25) is 0 Å². The Bertz CT molecular complexity index is 1640. The number of hydrogen-bond acceptors (Lipinski definition) is 7. The number of esters is 1. The summed E-state index contributed by atoms with van der Waals surface area (Å²) in [5, 5.41) is 8.50. The normalized spacial score (nSPS) is 13.7. The molecular weight excluding hydrogens is 468 g/mol. The average molecular weight is 483 g/mol. The predicted molar refractivity (Wildman–Crippen MR) is 124 cm³/mol. The maximum Gasteiger partial charge on any atom is 0.344 e. The lowest BCUT2D eigenvalue weighted by molar-refractivity contribution is 0.0717. The van der Waals surface area contributed by atoms with Gasteiger partial charge in [-0.2, -0.15) is 5.10 Å². The SMILES string of the molecule is O=C1O/C(=C\c2nc(-c3cc(-c4ccon4)n(Cc4ccccc4F)n3)ncc2F)c2ccccc21. The summed E-state index contributed by atoms with van der Waals surface area (Å²) in [6, 6.07) is 16.5. The number of halogens is 2. The summed E-state index contributed by atoms with van der Waals surface area (Å²) in [5.41, 5.74) is 2.60. The molecule has 4 heterocycles. The average Bonchev–Trinajstić information content (AvgIpc) is 3.62. The number of carbonyl (C=O) groups excluding carboxylic acids is 1. The maximum atomic E-state index is 14.7. The van der Waals surface area contributed by atoms with Crippen molar-refractivity contribution in [2.45, 2.75) is 6.54 Å². The van der Waals surface area contributed by atoms with E-state index in [9.17, 15) is 13.6 Å². The number of fused-ring (bicyclic) bond motifs is 1. The fourth-order valence-corrected chi connectivity index (χ4v) is 3.91. The van der Waals surface area contributed by atoms with Crippen molar-refractivity contribution in [1.82, 2.24) is 24.9 Å². The van der Waals surface area contributed by atoms with Crippen molar-refractivity contribution in [3.8, 4) is 22.9 Å². The summed E-state index contributed by atoms with van der Waals surface area (Å²) >= 11 is 0. The Hall–Kier alpha value is -4.99. The van der Waals surface area contributed by atoms with E-state index in [0.717, 1.165) is 6.20 Å². The molecule has 6 rings (SSSR count). The van der Waals surface area contributed by atoms with E-state index in [1.54, 1.807) is 59.3 Å². The summed E-state index contributed by atoms with van der Waals surface area (Å²) in [7, 11) is 0. The molecule has 0 saturated heterocycles. The molecule has 0 bridgehead atoms. The second-order valence-corrected chi connectivity index (χ2v) is 7.92. The van der Waals surface area contributed by atoms with E-state index in [1.807, 2.05) is 0 Å². The standard InChI is InChI=1S/C26H15F2N5O3/c27-18-8-4-1-5-15(18)14-33-23(20-9-10-35-32-20)11-22(31-33)25-29-13-19(28)21(30-25)12-24-16-6-2-3-7-17(16)26(34)36-24/h1-13H,14H2/b24-12-. The van der Waals surface area contributed by atoms with Gasteiger partial charge in [-0.3, -0.25) is 4.68 Å². The molecule has 0 aliphatic carbocycles. The molecular formula is C26H15F2N5O3. The maximum absolute atomic E-state index is 14.7. The minimum Gasteiger partial charge on any atom is -0.422 e. The third-order valence-electron chi connectivity index (χ3n) is 5.64. The minimum atomic E-state index is -0.700. The number of cyclic esters (lactones) is 1. The van der Waals surface area contributed by atoms with Gasteiger partial charge in [0.15, 0.2) is 11.6 Å². The fraction of sp³-hybridized carbons (Fsp3) is 0.0385. The van der Waals surface area contributed by atoms with Gasteiger partial charge in [0.25, 0.3) is 0 Å². The second kappa shape index (κ2) is 8.66. The van der Waals surface area contributed by atoms with Crippen LogP contribution in [0.1, 0.15) is 27.2 Å². The van der Waals surface area contributed by atoms with Crippen LogP contribution < -0.4 is 0 Å². The smallest absolute Gasteiger partial charge is 0.344 e. The van der Waals surface area contributed by atoms with Crippen molar-refractivity contribution in [3.63, 3.8) is 0 Å². The van der Waals surface area contributed by atoms with Gasteiger partial charge in [-0.05, 0) is 18.2 Å². The molecule has 0 N–H and O–H groups in total. The number of aromatic nitrogens is 5. The molecule has 0 radical (unpaired) electrons. The lowest BCUT2D eigenvalue weighted by Crippen LogP contribution is -2.06. The van der Waals surface area contributed by atoms with Crippen molar-refractivity contribution in [1.29, 1.82) is 0 Å². The van der Waals surface area contributed by atoms with Gasteiger partial charge in [-0.15, -0.1) is 0 Å². The van der Waals surface area contributed by atoms with Gasteiger partial charge in [0, 0.05) is 23.3 Å². The Morgan fingerprint density at radius 3 is 2.56 bits per heavy atom. The molecule has 0 saturated carbocycles. The summed E-state index contributed by atoms with van der Waals surface area (Å²) in [6.07, 6.45) is 3.77. The van der Waals surface area contributed by atoms with E-state index >= 15 is 0 Å². The molecule has 36 heavy (non-hydrogen) atoms. The van der Waals surface area contributed by atoms with Crippen molar-refractivity contribution in [2.24, 2.45) is 0 Å². The molecule has 0 fully saturated rings. The van der Waals surface area contributed by atoms with E-state index in [0.29, 0.717) is 33.8 Å². The molecule has 0 spiro atoms. The fourth-order valence-electron chi connectivity index (χ4n) is 3.91. The van der Waals surface area contributed by atoms with Crippen molar-refractivity contribution < 1.29 is 22.8 Å². The summed E-state index contributed by atoms with van der Waals surface area (Å²) in [4.78, 5) is 20.5. The second-order valence-electron chi connectivity index (χ2n) is 7.92. The molecule has 0 amide bonds. The third-order valence-corrected chi connectivity index (χ3v) is 5.64. The van der Waals surface area contributed by atoms with Crippen LogP contribution >= 0.6 is 0 Å². The highest BCUT2D eigenvalue weighted by Gasteiger charge is 2.26. The number of nitrogens with zero attached hydrogens (tertiary/aromatic N) is 5. The summed E-state index contributed by atoms with van der Waals surface area (Å²) in [5.74, 6) is -1.28. The van der Waals surface area contributed by atoms with E-state index in [4.69, 9.17) is 9.26 Å². The molecule has 8 nitrogen and oxygen atoms in total. The highest BCUT2D eigenvalue weighted by molar-refractivity contribution is 6.05. The lowest BCUT2D eigenvalue weighted by Gasteiger charge is -2.06. The number of benzene rings is 2. The first-order chi connectivity index (χ1) is 17.6. The van der Waals surface area contributed by atoms with Gasteiger partial charge in [0.1, 0.15) is 34.9 Å². The Balaban J connectivity index is 1.41. The molecule has 1 aliphatic rings. The summed E-state index contributed by atoms with van der Waals surface area (Å²) < 4.78 is 40.8. The van der Waals surface area contributed by atoms with Gasteiger partial charge in [0.05, 0.1) is 24.0 Å². The highest BCUT2D eigenvalue weighted by Crippen LogP contribution is 2.32. The van der Waals surface area contributed by atoms with Crippen LogP contribution in [-0.2, 0) is 11.3 Å². The monoisotopic (exact) mass is 483 g/mol. The Labute approximate surface area is 202 Å². The van der Waals surface area contributed by atoms with Crippen molar-refractivity contribution in [2.75, 3.05) is 0 Å². The molecule has 2 aromatic carbocycles. The first-order valence-corrected chi connectivity index (χ1v) is 10.8. The summed E-state index contributed by atoms with van der Waals surface area (Å²) in [6.45, 7) is 0.111. The highest BCUT2D eigenvalue weighted by atomic mass is 19.1. The molecule has 0 unspecified atom stereocenters. The van der Waals surface area contributed by atoms with Crippen LogP contribution in [0.3, 0.4) is 0 Å². The third kappa shape index (κ3) is 3.84. The van der Waals surface area contributed by atoms with Crippen LogP contribution in [0, 0.1) is 11.6 Å². The predicted octanol–water partition coefficient (Wildman–Crippen LogP) is 4.99. The van der Waals surface area contributed by atoms with Crippen LogP contribution in [0.15, 0.2) is 77.6 Å². The van der Waals surface area contributed by atoms with Crippen LogP contribution in [0.5, 0.6) is 0 Å². The van der Waals surface area contributed by atoms with E-state index in [2.05, 4.69) is 20.2 Å². The Kier molecular flexibility index (Phi) is 5.18. The molecule has 5 aromatic rings. The van der Waals surface area contributed by atoms with E-state index in [1.165, 1.54) is 18.4 Å². The van der Waals surface area contributed by atoms with Crippen LogP contribution in [0.25, 0.3) is 34.7 Å². The largest absolute Gasteiger partial charge is 0.422 e. The topological polar surface area (TPSA) is 95.9 Å². The zero-order valence-corrected chi connectivity index (χ0v) is 18.4. The first kappa shape index (κ1) is 21.5. The zero-order chi connectivity index (χ0) is 24.6. The first-order valence-electron chi connectivity index (χ1n) is 10.8. The molecule has 1 aliphatic heterocycles. The van der Waals surface area contributed by atoms with Gasteiger partial charge >= 0.3 is 5.97 Å². The Morgan fingerprint density at radius 1 is 0.944 bits per heavy atom. The number of rotatable bonds is 5. The molecule has 10 heteroatoms. The van der Waals surface area contributed by atoms with E-state index < -0.39 is 11.8 Å². The quantitative estimate of drug-likeness (QED) is 0.325. The Morgan fingerprint density at radius 2 is 1.75 bits per heavy atom. The van der Waals surface area contributed by atoms with Crippen molar-refractivity contribution in [3.05, 3.63) is 107 Å². The van der Waals surface area contributed by atoms with Gasteiger partial charge in [-0.1, -0.05) is 41.6 Å². The van der Waals surface area contributed by atoms with Gasteiger partial charge in [0.2, 0.25) is 0 Å². The minimum absolute atomic E-state index is 0.0776. The number of hydrogen-bond donors (Lipinski definition) is 0. The van der Waals surface area contributed by atoms with Crippen LogP contribution in [0.4, 0.5) is 8.78 Å².